The summed E-state index contributed by atoms with van der Waals surface area (Å²) in [7, 11) is 0. The van der Waals surface area contributed by atoms with Crippen molar-refractivity contribution in [3.8, 4) is 11.5 Å². The fourth-order valence-corrected chi connectivity index (χ4v) is 1.96. The number of oxazole rings is 1. The molecule has 0 atom stereocenters. The first kappa shape index (κ1) is 11.7. The lowest BCUT2D eigenvalue weighted by Gasteiger charge is -1.99. The lowest BCUT2D eigenvalue weighted by Crippen LogP contribution is -2.15. The molecule has 0 radical (unpaired) electrons. The van der Waals surface area contributed by atoms with Gasteiger partial charge in [-0.25, -0.2) is 9.37 Å². The van der Waals surface area contributed by atoms with Crippen molar-refractivity contribution in [3.63, 3.8) is 0 Å². The first-order valence-corrected chi connectivity index (χ1v) is 6.23. The van der Waals surface area contributed by atoms with Gasteiger partial charge in [0, 0.05) is 12.6 Å². The molecule has 1 aliphatic carbocycles. The summed E-state index contributed by atoms with van der Waals surface area (Å²) >= 11 is 5.96. The summed E-state index contributed by atoms with van der Waals surface area (Å²) in [6, 6.07) is 4.79. The maximum Gasteiger partial charge on any atom is 0.227 e. The van der Waals surface area contributed by atoms with Crippen LogP contribution in [0.2, 0.25) is 5.02 Å². The van der Waals surface area contributed by atoms with Crippen LogP contribution in [-0.2, 0) is 6.54 Å². The fraction of sp³-hybridized carbons (Fsp3) is 0.308. The van der Waals surface area contributed by atoms with E-state index in [1.165, 1.54) is 25.0 Å². The first-order valence-electron chi connectivity index (χ1n) is 5.85. The quantitative estimate of drug-likeness (QED) is 0.922. The van der Waals surface area contributed by atoms with Gasteiger partial charge in [-0.05, 0) is 31.0 Å². The van der Waals surface area contributed by atoms with Crippen LogP contribution < -0.4 is 5.32 Å². The smallest absolute Gasteiger partial charge is 0.227 e. The third-order valence-electron chi connectivity index (χ3n) is 2.86. The second kappa shape index (κ2) is 4.71. The Morgan fingerprint density at radius 2 is 2.28 bits per heavy atom. The molecule has 0 saturated heterocycles. The number of hydrogen-bond acceptors (Lipinski definition) is 3. The summed E-state index contributed by atoms with van der Waals surface area (Å²) in [6.07, 6.45) is 4.06. The van der Waals surface area contributed by atoms with Gasteiger partial charge in [0.1, 0.15) is 12.1 Å². The van der Waals surface area contributed by atoms with E-state index in [-0.39, 0.29) is 5.82 Å². The number of hydrogen-bond donors (Lipinski definition) is 1. The highest BCUT2D eigenvalue weighted by atomic mass is 35.5. The Bertz CT molecular complexity index is 566. The van der Waals surface area contributed by atoms with E-state index in [1.54, 1.807) is 12.3 Å². The molecule has 2 aromatic rings. The van der Waals surface area contributed by atoms with Gasteiger partial charge in [-0.1, -0.05) is 11.6 Å². The molecular weight excluding hydrogens is 255 g/mol. The van der Waals surface area contributed by atoms with Crippen molar-refractivity contribution < 1.29 is 8.81 Å². The number of aromatic nitrogens is 1. The summed E-state index contributed by atoms with van der Waals surface area (Å²) in [4.78, 5) is 4.33. The van der Waals surface area contributed by atoms with Gasteiger partial charge in [-0.3, -0.25) is 0 Å². The molecule has 5 heteroatoms. The summed E-state index contributed by atoms with van der Waals surface area (Å²) < 4.78 is 18.3. The Morgan fingerprint density at radius 3 is 3.00 bits per heavy atom. The van der Waals surface area contributed by atoms with Crippen molar-refractivity contribution in [2.24, 2.45) is 0 Å². The SMILES string of the molecule is Fc1ccc(-c2nc(CNC3CC3)co2)c(Cl)c1. The van der Waals surface area contributed by atoms with Crippen molar-refractivity contribution >= 4 is 11.6 Å². The maximum atomic E-state index is 12.9. The molecule has 0 spiro atoms. The van der Waals surface area contributed by atoms with Crippen LogP contribution in [0.1, 0.15) is 18.5 Å². The van der Waals surface area contributed by atoms with Gasteiger partial charge in [0.05, 0.1) is 16.3 Å². The zero-order valence-electron chi connectivity index (χ0n) is 9.62. The Labute approximate surface area is 109 Å². The molecule has 0 unspecified atom stereocenters. The Morgan fingerprint density at radius 1 is 1.44 bits per heavy atom. The third kappa shape index (κ3) is 2.54. The van der Waals surface area contributed by atoms with Crippen molar-refractivity contribution in [1.29, 1.82) is 0 Å². The van der Waals surface area contributed by atoms with Crippen molar-refractivity contribution in [2.45, 2.75) is 25.4 Å². The highest BCUT2D eigenvalue weighted by Crippen LogP contribution is 2.28. The molecule has 0 aliphatic heterocycles. The topological polar surface area (TPSA) is 38.1 Å². The van der Waals surface area contributed by atoms with E-state index in [0.29, 0.717) is 29.1 Å². The Hall–Kier alpha value is -1.39. The lowest BCUT2D eigenvalue weighted by molar-refractivity contribution is 0.569. The molecule has 18 heavy (non-hydrogen) atoms. The lowest BCUT2D eigenvalue weighted by atomic mass is 10.2. The monoisotopic (exact) mass is 266 g/mol. The molecule has 1 aromatic carbocycles. The van der Waals surface area contributed by atoms with Gasteiger partial charge >= 0.3 is 0 Å². The van der Waals surface area contributed by atoms with Crippen LogP contribution in [0.5, 0.6) is 0 Å². The van der Waals surface area contributed by atoms with E-state index >= 15 is 0 Å². The Balaban J connectivity index is 1.78. The van der Waals surface area contributed by atoms with Gasteiger partial charge in [0.15, 0.2) is 0 Å². The van der Waals surface area contributed by atoms with Crippen LogP contribution in [0.3, 0.4) is 0 Å². The number of nitrogens with zero attached hydrogens (tertiary/aromatic N) is 1. The molecule has 1 heterocycles. The van der Waals surface area contributed by atoms with Crippen LogP contribution in [0.15, 0.2) is 28.9 Å². The molecule has 0 amide bonds. The minimum absolute atomic E-state index is 0.304. The van der Waals surface area contributed by atoms with Crippen LogP contribution in [-0.4, -0.2) is 11.0 Å². The van der Waals surface area contributed by atoms with Gasteiger partial charge in [0.2, 0.25) is 5.89 Å². The second-order valence-electron chi connectivity index (χ2n) is 4.42. The van der Waals surface area contributed by atoms with Crippen LogP contribution in [0, 0.1) is 5.82 Å². The minimum Gasteiger partial charge on any atom is -0.444 e. The van der Waals surface area contributed by atoms with Crippen molar-refractivity contribution in [1.82, 2.24) is 10.3 Å². The largest absolute Gasteiger partial charge is 0.444 e. The summed E-state index contributed by atoms with van der Waals surface area (Å²) in [5.41, 5.74) is 1.44. The van der Waals surface area contributed by atoms with E-state index < -0.39 is 0 Å². The molecular formula is C13H12ClFN2O. The molecule has 0 bridgehead atoms. The average Bonchev–Trinajstić information content (AvgIpc) is 3.05. The molecule has 1 aromatic heterocycles. The zero-order chi connectivity index (χ0) is 12.5. The number of rotatable bonds is 4. The predicted octanol–water partition coefficient (Wildman–Crippen LogP) is 3.39. The molecule has 94 valence electrons. The molecule has 3 rings (SSSR count). The highest BCUT2D eigenvalue weighted by Gasteiger charge is 2.20. The number of halogens is 2. The standard InChI is InChI=1S/C13H12ClFN2O/c14-12-5-8(15)1-4-11(12)13-17-10(7-18-13)6-16-9-2-3-9/h1,4-5,7,9,16H,2-3,6H2. The van der Waals surface area contributed by atoms with Crippen LogP contribution in [0.4, 0.5) is 4.39 Å². The van der Waals surface area contributed by atoms with Crippen LogP contribution >= 0.6 is 11.6 Å². The van der Waals surface area contributed by atoms with Crippen molar-refractivity contribution in [3.05, 3.63) is 41.0 Å². The van der Waals surface area contributed by atoms with E-state index in [4.69, 9.17) is 16.0 Å². The predicted molar refractivity (Wildman–Crippen MR) is 66.8 cm³/mol. The van der Waals surface area contributed by atoms with Gasteiger partial charge < -0.3 is 9.73 Å². The van der Waals surface area contributed by atoms with E-state index in [0.717, 1.165) is 5.69 Å². The van der Waals surface area contributed by atoms with E-state index in [9.17, 15) is 4.39 Å². The zero-order valence-corrected chi connectivity index (χ0v) is 10.4. The Kier molecular flexibility index (Phi) is 3.06. The molecule has 1 fully saturated rings. The van der Waals surface area contributed by atoms with Gasteiger partial charge in [0.25, 0.3) is 0 Å². The molecule has 3 nitrogen and oxygen atoms in total. The average molecular weight is 267 g/mol. The molecule has 1 saturated carbocycles. The molecule has 1 aliphatic rings. The van der Waals surface area contributed by atoms with Gasteiger partial charge in [-0.2, -0.15) is 0 Å². The number of benzene rings is 1. The normalized spacial score (nSPS) is 15.0. The van der Waals surface area contributed by atoms with E-state index in [1.807, 2.05) is 0 Å². The van der Waals surface area contributed by atoms with Crippen molar-refractivity contribution in [2.75, 3.05) is 0 Å². The number of nitrogens with one attached hydrogen (secondary N) is 1. The highest BCUT2D eigenvalue weighted by molar-refractivity contribution is 6.33. The first-order chi connectivity index (χ1) is 8.72. The maximum absolute atomic E-state index is 12.9. The van der Waals surface area contributed by atoms with Gasteiger partial charge in [-0.15, -0.1) is 0 Å². The minimum atomic E-state index is -0.370. The molecule has 1 N–H and O–H groups in total. The summed E-state index contributed by atoms with van der Waals surface area (Å²) in [5.74, 6) is 0.0542. The second-order valence-corrected chi connectivity index (χ2v) is 4.83. The third-order valence-corrected chi connectivity index (χ3v) is 3.18. The summed E-state index contributed by atoms with van der Waals surface area (Å²) in [5, 5.41) is 3.65. The summed E-state index contributed by atoms with van der Waals surface area (Å²) in [6.45, 7) is 0.687. The van der Waals surface area contributed by atoms with E-state index in [2.05, 4.69) is 10.3 Å². The van der Waals surface area contributed by atoms with Crippen LogP contribution in [0.25, 0.3) is 11.5 Å². The fourth-order valence-electron chi connectivity index (χ4n) is 1.71.